The highest BCUT2D eigenvalue weighted by Crippen LogP contribution is 2.12. The molecule has 1 rings (SSSR count). The van der Waals surface area contributed by atoms with Crippen molar-refractivity contribution in [2.75, 3.05) is 30.3 Å². The lowest BCUT2D eigenvalue weighted by molar-refractivity contribution is -0.118. The molecule has 1 amide bonds. The lowest BCUT2D eigenvalue weighted by Gasteiger charge is -2.10. The molecule has 112 valence electrons. The Balaban J connectivity index is 2.62. The van der Waals surface area contributed by atoms with Crippen molar-refractivity contribution in [1.29, 1.82) is 0 Å². The number of aromatic nitrogens is 2. The van der Waals surface area contributed by atoms with Gasteiger partial charge >= 0.3 is 0 Å². The van der Waals surface area contributed by atoms with Crippen molar-refractivity contribution in [3.63, 3.8) is 0 Å². The zero-order valence-electron chi connectivity index (χ0n) is 12.1. The molecule has 0 aliphatic rings. The van der Waals surface area contributed by atoms with Gasteiger partial charge in [-0.15, -0.1) is 0 Å². The molecular formula is C13H23N5O2. The Bertz CT molecular complexity index is 425. The fraction of sp³-hybridized carbons (Fsp3) is 0.615. The number of ether oxygens (including phenoxy) is 1. The highest BCUT2D eigenvalue weighted by molar-refractivity contribution is 5.73. The molecule has 0 saturated carbocycles. The molecule has 0 aliphatic heterocycles. The Labute approximate surface area is 119 Å². The van der Waals surface area contributed by atoms with E-state index in [1.54, 1.807) is 0 Å². The maximum atomic E-state index is 10.7. The monoisotopic (exact) mass is 281 g/mol. The summed E-state index contributed by atoms with van der Waals surface area (Å²) in [5.74, 6) is 1.81. The summed E-state index contributed by atoms with van der Waals surface area (Å²) in [6.45, 7) is 6.36. The number of rotatable bonds is 10. The van der Waals surface area contributed by atoms with Crippen LogP contribution in [0.2, 0.25) is 0 Å². The van der Waals surface area contributed by atoms with Gasteiger partial charge in [0.15, 0.2) is 5.82 Å². The van der Waals surface area contributed by atoms with E-state index in [1.807, 2.05) is 19.9 Å². The number of hydrogen-bond donors (Lipinski definition) is 3. The molecule has 0 aliphatic carbocycles. The van der Waals surface area contributed by atoms with Crippen LogP contribution in [0.5, 0.6) is 0 Å². The van der Waals surface area contributed by atoms with E-state index in [-0.39, 0.29) is 5.91 Å². The van der Waals surface area contributed by atoms with E-state index in [9.17, 15) is 4.79 Å². The Hall–Kier alpha value is -1.89. The van der Waals surface area contributed by atoms with Gasteiger partial charge in [-0.3, -0.25) is 4.79 Å². The van der Waals surface area contributed by atoms with Crippen molar-refractivity contribution in [1.82, 2.24) is 9.97 Å². The van der Waals surface area contributed by atoms with Gasteiger partial charge in [0.1, 0.15) is 18.2 Å². The molecule has 0 aromatic carbocycles. The number of nitrogens with zero attached hydrogens (tertiary/aromatic N) is 2. The maximum absolute atomic E-state index is 10.7. The van der Waals surface area contributed by atoms with Crippen molar-refractivity contribution in [2.24, 2.45) is 5.73 Å². The number of nitrogens with two attached hydrogens (primary N) is 1. The number of carbonyl (C=O) groups is 1. The van der Waals surface area contributed by atoms with Crippen LogP contribution in [-0.4, -0.2) is 35.6 Å². The zero-order chi connectivity index (χ0) is 14.8. The molecule has 0 radical (unpaired) electrons. The summed E-state index contributed by atoms with van der Waals surface area (Å²) in [5, 5.41) is 6.31. The Morgan fingerprint density at radius 3 is 2.60 bits per heavy atom. The maximum Gasteiger partial charge on any atom is 0.217 e. The zero-order valence-corrected chi connectivity index (χ0v) is 12.1. The minimum Gasteiger partial charge on any atom is -0.374 e. The standard InChI is InChI=1S/C13H23N5O2/c1-3-15-11-8-12(16-7-5-6-10(14)19)18-13(17-11)9-20-4-2/h8H,3-7,9H2,1-2H3,(H2,14,19)(H2,15,16,17,18). The molecule has 0 saturated heterocycles. The first kappa shape index (κ1) is 16.2. The predicted octanol–water partition coefficient (Wildman–Crippen LogP) is 1.12. The van der Waals surface area contributed by atoms with E-state index in [4.69, 9.17) is 10.5 Å². The number of primary amides is 1. The van der Waals surface area contributed by atoms with Gasteiger partial charge in [0.25, 0.3) is 0 Å². The molecule has 0 atom stereocenters. The number of hydrogen-bond acceptors (Lipinski definition) is 6. The van der Waals surface area contributed by atoms with Gasteiger partial charge in [-0.1, -0.05) is 0 Å². The third-order valence-electron chi connectivity index (χ3n) is 2.47. The Kier molecular flexibility index (Phi) is 7.34. The van der Waals surface area contributed by atoms with Crippen molar-refractivity contribution < 1.29 is 9.53 Å². The number of carbonyl (C=O) groups excluding carboxylic acids is 1. The molecule has 4 N–H and O–H groups in total. The summed E-state index contributed by atoms with van der Waals surface area (Å²) in [4.78, 5) is 19.4. The van der Waals surface area contributed by atoms with Crippen LogP contribution in [0.3, 0.4) is 0 Å². The fourth-order valence-electron chi connectivity index (χ4n) is 1.60. The van der Waals surface area contributed by atoms with Gasteiger partial charge in [-0.25, -0.2) is 9.97 Å². The average molecular weight is 281 g/mol. The van der Waals surface area contributed by atoms with Crippen LogP contribution in [0.4, 0.5) is 11.6 Å². The van der Waals surface area contributed by atoms with Crippen molar-refractivity contribution in [3.05, 3.63) is 11.9 Å². The van der Waals surface area contributed by atoms with Gasteiger partial charge < -0.3 is 21.1 Å². The van der Waals surface area contributed by atoms with Crippen LogP contribution in [0.15, 0.2) is 6.07 Å². The lowest BCUT2D eigenvalue weighted by atomic mass is 10.3. The smallest absolute Gasteiger partial charge is 0.217 e. The van der Waals surface area contributed by atoms with Crippen LogP contribution in [0, 0.1) is 0 Å². The van der Waals surface area contributed by atoms with Crippen LogP contribution >= 0.6 is 0 Å². The van der Waals surface area contributed by atoms with E-state index in [0.717, 1.165) is 18.2 Å². The average Bonchev–Trinajstić information content (AvgIpc) is 2.41. The summed E-state index contributed by atoms with van der Waals surface area (Å²) in [6.07, 6.45) is 1.04. The fourth-order valence-corrected chi connectivity index (χ4v) is 1.60. The second-order valence-corrected chi connectivity index (χ2v) is 4.22. The normalized spacial score (nSPS) is 10.3. The second kappa shape index (κ2) is 9.08. The number of anilines is 2. The summed E-state index contributed by atoms with van der Waals surface area (Å²) in [5.41, 5.74) is 5.10. The second-order valence-electron chi connectivity index (χ2n) is 4.22. The van der Waals surface area contributed by atoms with Crippen LogP contribution in [-0.2, 0) is 16.1 Å². The topological polar surface area (TPSA) is 102 Å². The van der Waals surface area contributed by atoms with Gasteiger partial charge in [0.2, 0.25) is 5.91 Å². The van der Waals surface area contributed by atoms with Crippen LogP contribution in [0.1, 0.15) is 32.5 Å². The molecule has 0 fully saturated rings. The van der Waals surface area contributed by atoms with Gasteiger partial charge in [0, 0.05) is 32.2 Å². The summed E-state index contributed by atoms with van der Waals surface area (Å²) < 4.78 is 5.32. The molecule has 0 spiro atoms. The quantitative estimate of drug-likeness (QED) is 0.555. The van der Waals surface area contributed by atoms with Gasteiger partial charge in [0.05, 0.1) is 0 Å². The summed E-state index contributed by atoms with van der Waals surface area (Å²) in [6, 6.07) is 1.84. The first-order chi connectivity index (χ1) is 9.65. The Morgan fingerprint density at radius 1 is 1.30 bits per heavy atom. The SMILES string of the molecule is CCNc1cc(NCCCC(N)=O)nc(COCC)n1. The van der Waals surface area contributed by atoms with Crippen molar-refractivity contribution in [3.8, 4) is 0 Å². The predicted molar refractivity (Wildman–Crippen MR) is 78.4 cm³/mol. The van der Waals surface area contributed by atoms with Crippen LogP contribution in [0.25, 0.3) is 0 Å². The summed E-state index contributed by atoms with van der Waals surface area (Å²) in [7, 11) is 0. The summed E-state index contributed by atoms with van der Waals surface area (Å²) >= 11 is 0. The lowest BCUT2D eigenvalue weighted by Crippen LogP contribution is -2.14. The minimum atomic E-state index is -0.292. The third kappa shape index (κ3) is 6.33. The largest absolute Gasteiger partial charge is 0.374 e. The first-order valence-corrected chi connectivity index (χ1v) is 6.87. The molecule has 7 heteroatoms. The van der Waals surface area contributed by atoms with Gasteiger partial charge in [-0.2, -0.15) is 0 Å². The molecule has 0 bridgehead atoms. The minimum absolute atomic E-state index is 0.292. The van der Waals surface area contributed by atoms with E-state index >= 15 is 0 Å². The van der Waals surface area contributed by atoms with Crippen LogP contribution < -0.4 is 16.4 Å². The van der Waals surface area contributed by atoms with Crippen molar-refractivity contribution in [2.45, 2.75) is 33.3 Å². The highest BCUT2D eigenvalue weighted by atomic mass is 16.5. The Morgan fingerprint density at radius 2 is 2.00 bits per heavy atom. The van der Waals surface area contributed by atoms with Crippen molar-refractivity contribution >= 4 is 17.5 Å². The molecule has 7 nitrogen and oxygen atoms in total. The molecule has 1 aromatic heterocycles. The van der Waals surface area contributed by atoms with Gasteiger partial charge in [-0.05, 0) is 20.3 Å². The van der Waals surface area contributed by atoms with E-state index in [0.29, 0.717) is 38.4 Å². The highest BCUT2D eigenvalue weighted by Gasteiger charge is 2.04. The van der Waals surface area contributed by atoms with E-state index in [1.165, 1.54) is 0 Å². The number of nitrogens with one attached hydrogen (secondary N) is 2. The molecular weight excluding hydrogens is 258 g/mol. The molecule has 0 unspecified atom stereocenters. The van der Waals surface area contributed by atoms with E-state index < -0.39 is 0 Å². The number of amides is 1. The molecule has 1 heterocycles. The molecule has 20 heavy (non-hydrogen) atoms. The third-order valence-corrected chi connectivity index (χ3v) is 2.47. The molecule has 1 aromatic rings. The first-order valence-electron chi connectivity index (χ1n) is 6.87. The van der Waals surface area contributed by atoms with E-state index in [2.05, 4.69) is 20.6 Å².